The largest absolute Gasteiger partial charge is 0.275 e. The van der Waals surface area contributed by atoms with Gasteiger partial charge in [-0.1, -0.05) is 43.0 Å². The summed E-state index contributed by atoms with van der Waals surface area (Å²) in [5.74, 6) is 0.0960. The first-order chi connectivity index (χ1) is 14.9. The lowest BCUT2D eigenvalue weighted by Gasteiger charge is -2.11. The van der Waals surface area contributed by atoms with Gasteiger partial charge in [-0.25, -0.2) is 18.1 Å². The number of nitrogens with one attached hydrogen (secondary N) is 1. The molecule has 0 saturated carbocycles. The minimum atomic E-state index is -3.82. The van der Waals surface area contributed by atoms with Crippen molar-refractivity contribution in [3.05, 3.63) is 86.9 Å². The van der Waals surface area contributed by atoms with Gasteiger partial charge in [0.05, 0.1) is 17.6 Å². The van der Waals surface area contributed by atoms with Crippen LogP contribution >= 0.6 is 22.7 Å². The maximum Gasteiger partial charge on any atom is 0.275 e. The van der Waals surface area contributed by atoms with Gasteiger partial charge >= 0.3 is 0 Å². The van der Waals surface area contributed by atoms with E-state index in [0.29, 0.717) is 15.8 Å². The Labute approximate surface area is 187 Å². The molecule has 0 aliphatic rings. The van der Waals surface area contributed by atoms with Crippen LogP contribution in [-0.4, -0.2) is 23.2 Å². The average Bonchev–Trinajstić information content (AvgIpc) is 3.44. The standard InChI is InChI=1S/C21H18N4O3S3/c1-3-7-14(2)17-13-30-18(22-17)12-25-21(26)16-9-5-4-8-15(16)20(23-25)24-31(27,28)19-10-6-11-29-19/h3-11,13H,2,12H2,1H3,(H,23,24). The first-order valence-electron chi connectivity index (χ1n) is 9.21. The van der Waals surface area contributed by atoms with E-state index >= 15 is 0 Å². The average molecular weight is 471 g/mol. The lowest BCUT2D eigenvalue weighted by Crippen LogP contribution is -2.26. The summed E-state index contributed by atoms with van der Waals surface area (Å²) in [5.41, 5.74) is 1.18. The minimum Gasteiger partial charge on any atom is -0.267 e. The highest BCUT2D eigenvalue weighted by Gasteiger charge is 2.20. The van der Waals surface area contributed by atoms with Crippen molar-refractivity contribution in [3.63, 3.8) is 0 Å². The van der Waals surface area contributed by atoms with Crippen LogP contribution in [0.5, 0.6) is 0 Å². The Bertz CT molecular complexity index is 1450. The lowest BCUT2D eigenvalue weighted by molar-refractivity contribution is 0.601. The number of hydrogen-bond acceptors (Lipinski definition) is 7. The summed E-state index contributed by atoms with van der Waals surface area (Å²) in [6.45, 7) is 5.98. The number of thiophene rings is 1. The zero-order chi connectivity index (χ0) is 22.0. The number of nitrogens with zero attached hydrogens (tertiary/aromatic N) is 3. The van der Waals surface area contributed by atoms with Crippen molar-refractivity contribution in [3.8, 4) is 0 Å². The van der Waals surface area contributed by atoms with Crippen LogP contribution in [0, 0.1) is 0 Å². The first-order valence-corrected chi connectivity index (χ1v) is 12.5. The normalized spacial score (nSPS) is 11.9. The summed E-state index contributed by atoms with van der Waals surface area (Å²) in [6.07, 6.45) is 3.74. The number of sulfonamides is 1. The van der Waals surface area contributed by atoms with Gasteiger partial charge < -0.3 is 0 Å². The van der Waals surface area contributed by atoms with Gasteiger partial charge in [0.15, 0.2) is 5.82 Å². The molecule has 0 atom stereocenters. The molecule has 1 N–H and O–H groups in total. The molecule has 0 unspecified atom stereocenters. The molecule has 0 saturated heterocycles. The maximum atomic E-state index is 13.0. The van der Waals surface area contributed by atoms with Gasteiger partial charge in [0.1, 0.15) is 9.22 Å². The quantitative estimate of drug-likeness (QED) is 0.405. The Balaban J connectivity index is 1.76. The van der Waals surface area contributed by atoms with E-state index in [4.69, 9.17) is 0 Å². The number of allylic oxidation sites excluding steroid dienone is 3. The molecule has 10 heteroatoms. The number of anilines is 1. The maximum absolute atomic E-state index is 13.0. The predicted octanol–water partition coefficient (Wildman–Crippen LogP) is 4.35. The number of thiazole rings is 1. The highest BCUT2D eigenvalue weighted by atomic mass is 32.2. The van der Waals surface area contributed by atoms with Crippen molar-refractivity contribution in [2.45, 2.75) is 17.7 Å². The Morgan fingerprint density at radius 2 is 1.97 bits per heavy atom. The van der Waals surface area contributed by atoms with Crippen molar-refractivity contribution in [2.24, 2.45) is 0 Å². The van der Waals surface area contributed by atoms with Crippen LogP contribution in [0.2, 0.25) is 0 Å². The zero-order valence-electron chi connectivity index (χ0n) is 16.5. The van der Waals surface area contributed by atoms with Gasteiger partial charge in [-0.15, -0.1) is 22.7 Å². The molecule has 3 heterocycles. The topological polar surface area (TPSA) is 94.0 Å². The van der Waals surface area contributed by atoms with E-state index in [1.165, 1.54) is 22.1 Å². The Hall–Kier alpha value is -3.08. The van der Waals surface area contributed by atoms with Crippen molar-refractivity contribution >= 4 is 54.9 Å². The SMILES string of the molecule is C=C(C=CC)c1csc(Cn2nc(NS(=O)(=O)c3cccs3)c3ccccc3c2=O)n1. The number of aromatic nitrogens is 3. The van der Waals surface area contributed by atoms with Gasteiger partial charge in [0, 0.05) is 10.8 Å². The lowest BCUT2D eigenvalue weighted by atomic mass is 10.2. The van der Waals surface area contributed by atoms with Gasteiger partial charge in [-0.05, 0) is 30.0 Å². The van der Waals surface area contributed by atoms with Crippen molar-refractivity contribution in [1.29, 1.82) is 0 Å². The summed E-state index contributed by atoms with van der Waals surface area (Å²) in [4.78, 5) is 17.5. The van der Waals surface area contributed by atoms with E-state index in [1.807, 2.05) is 24.5 Å². The van der Waals surface area contributed by atoms with E-state index in [1.54, 1.807) is 35.7 Å². The van der Waals surface area contributed by atoms with Gasteiger partial charge in [0.25, 0.3) is 15.6 Å². The van der Waals surface area contributed by atoms with Crippen LogP contribution in [-0.2, 0) is 16.6 Å². The van der Waals surface area contributed by atoms with Crippen LogP contribution in [0.25, 0.3) is 16.3 Å². The summed E-state index contributed by atoms with van der Waals surface area (Å²) in [7, 11) is -3.82. The van der Waals surface area contributed by atoms with Crippen molar-refractivity contribution in [1.82, 2.24) is 14.8 Å². The first kappa shape index (κ1) is 21.2. The fourth-order valence-electron chi connectivity index (χ4n) is 2.96. The molecule has 0 fully saturated rings. The van der Waals surface area contributed by atoms with Crippen LogP contribution in [0.15, 0.2) is 74.9 Å². The zero-order valence-corrected chi connectivity index (χ0v) is 18.9. The molecule has 0 bridgehead atoms. The monoisotopic (exact) mass is 470 g/mol. The van der Waals surface area contributed by atoms with E-state index in [-0.39, 0.29) is 22.1 Å². The van der Waals surface area contributed by atoms with Crippen LogP contribution in [0.4, 0.5) is 5.82 Å². The van der Waals surface area contributed by atoms with Gasteiger partial charge in [-0.2, -0.15) is 5.10 Å². The smallest absolute Gasteiger partial charge is 0.267 e. The molecule has 0 aliphatic heterocycles. The number of fused-ring (bicyclic) bond motifs is 1. The molecule has 0 aliphatic carbocycles. The van der Waals surface area contributed by atoms with Gasteiger partial charge in [0.2, 0.25) is 0 Å². The molecule has 4 aromatic rings. The molecule has 4 rings (SSSR count). The van der Waals surface area contributed by atoms with Crippen molar-refractivity contribution in [2.75, 3.05) is 4.72 Å². The number of rotatable bonds is 7. The molecule has 0 spiro atoms. The summed E-state index contributed by atoms with van der Waals surface area (Å²) < 4.78 is 29.4. The summed E-state index contributed by atoms with van der Waals surface area (Å²) in [5, 5.41) is 9.35. The molecule has 7 nitrogen and oxygen atoms in total. The van der Waals surface area contributed by atoms with E-state index < -0.39 is 10.0 Å². The summed E-state index contributed by atoms with van der Waals surface area (Å²) in [6, 6.07) is 9.96. The Morgan fingerprint density at radius 1 is 1.19 bits per heavy atom. The second kappa shape index (κ2) is 8.58. The van der Waals surface area contributed by atoms with E-state index in [0.717, 1.165) is 22.6 Å². The predicted molar refractivity (Wildman–Crippen MR) is 126 cm³/mol. The fraction of sp³-hybridized carbons (Fsp3) is 0.0952. The molecule has 158 valence electrons. The second-order valence-corrected chi connectivity index (χ2v) is 10.3. The molecular formula is C21H18N4O3S3. The highest BCUT2D eigenvalue weighted by Crippen LogP contribution is 2.24. The minimum absolute atomic E-state index is 0.0960. The third-order valence-corrected chi connectivity index (χ3v) is 7.96. The summed E-state index contributed by atoms with van der Waals surface area (Å²) >= 11 is 2.49. The molecule has 31 heavy (non-hydrogen) atoms. The van der Waals surface area contributed by atoms with Crippen LogP contribution in [0.3, 0.4) is 0 Å². The van der Waals surface area contributed by atoms with E-state index in [2.05, 4.69) is 21.4 Å². The molecular weight excluding hydrogens is 452 g/mol. The fourth-order valence-corrected chi connectivity index (χ4v) is 5.77. The highest BCUT2D eigenvalue weighted by molar-refractivity contribution is 7.94. The number of hydrogen-bond donors (Lipinski definition) is 1. The molecule has 1 aromatic carbocycles. The van der Waals surface area contributed by atoms with Crippen molar-refractivity contribution < 1.29 is 8.42 Å². The second-order valence-electron chi connectivity index (χ2n) is 6.55. The third-order valence-electron chi connectivity index (χ3n) is 4.39. The van der Waals surface area contributed by atoms with Crippen LogP contribution in [0.1, 0.15) is 17.6 Å². The Kier molecular flexibility index (Phi) is 5.86. The third kappa shape index (κ3) is 4.36. The Morgan fingerprint density at radius 3 is 2.68 bits per heavy atom. The van der Waals surface area contributed by atoms with Gasteiger partial charge in [-0.3, -0.25) is 9.52 Å². The molecule has 0 radical (unpaired) electrons. The molecule has 3 aromatic heterocycles. The number of benzene rings is 1. The van der Waals surface area contributed by atoms with E-state index in [9.17, 15) is 13.2 Å². The van der Waals surface area contributed by atoms with Crippen LogP contribution < -0.4 is 10.3 Å². The molecule has 0 amide bonds.